The van der Waals surface area contributed by atoms with Crippen LogP contribution in [-0.2, 0) is 9.59 Å². The first-order valence-corrected chi connectivity index (χ1v) is 13.7. The Hall–Kier alpha value is -1.16. The van der Waals surface area contributed by atoms with Gasteiger partial charge in [-0.25, -0.2) is 0 Å². The fourth-order valence-corrected chi connectivity index (χ4v) is 10.4. The molecule has 0 aliphatic heterocycles. The number of aliphatic hydroxyl groups is 1. The Morgan fingerprint density at radius 1 is 0.912 bits per heavy atom. The number of carbonyl (C=O) groups excluding carboxylic acids is 1. The second kappa shape index (κ2) is 6.99. The van der Waals surface area contributed by atoms with Gasteiger partial charge in [-0.05, 0) is 110 Å². The smallest absolute Gasteiger partial charge is 0.309 e. The molecule has 0 saturated heterocycles. The number of aliphatic hydroxyl groups excluding tert-OH is 1. The van der Waals surface area contributed by atoms with Crippen LogP contribution in [0, 0.1) is 50.2 Å². The quantitative estimate of drug-likeness (QED) is 0.464. The highest BCUT2D eigenvalue weighted by molar-refractivity contribution is 5.95. The van der Waals surface area contributed by atoms with E-state index in [1.807, 2.05) is 13.0 Å². The van der Waals surface area contributed by atoms with Gasteiger partial charge in [0.15, 0.2) is 5.78 Å². The van der Waals surface area contributed by atoms with Crippen molar-refractivity contribution in [2.45, 2.75) is 112 Å². The summed E-state index contributed by atoms with van der Waals surface area (Å²) in [6.07, 6.45) is 9.95. The van der Waals surface area contributed by atoms with Crippen molar-refractivity contribution >= 4 is 11.8 Å². The van der Waals surface area contributed by atoms with Crippen LogP contribution < -0.4 is 0 Å². The zero-order chi connectivity index (χ0) is 25.1. The molecule has 0 bridgehead atoms. The Balaban J connectivity index is 1.62. The summed E-state index contributed by atoms with van der Waals surface area (Å²) in [6.45, 7) is 15.8. The predicted molar refractivity (Wildman–Crippen MR) is 133 cm³/mol. The number of hydrogen-bond donors (Lipinski definition) is 2. The minimum Gasteiger partial charge on any atom is -0.481 e. The molecule has 4 heteroatoms. The van der Waals surface area contributed by atoms with Crippen LogP contribution in [0.4, 0.5) is 0 Å². The molecule has 0 radical (unpaired) electrons. The first-order valence-electron chi connectivity index (χ1n) is 13.7. The first kappa shape index (κ1) is 24.5. The van der Waals surface area contributed by atoms with E-state index in [0.717, 1.165) is 51.4 Å². The summed E-state index contributed by atoms with van der Waals surface area (Å²) in [5.74, 6) is 0.0603. The summed E-state index contributed by atoms with van der Waals surface area (Å²) in [6, 6.07) is 0. The van der Waals surface area contributed by atoms with E-state index >= 15 is 0 Å². The Labute approximate surface area is 206 Å². The van der Waals surface area contributed by atoms with Gasteiger partial charge in [-0.15, -0.1) is 0 Å². The molecule has 9 atom stereocenters. The number of carboxylic acids is 1. The molecule has 0 aromatic heterocycles. The summed E-state index contributed by atoms with van der Waals surface area (Å²) in [5, 5.41) is 20.9. The lowest BCUT2D eigenvalue weighted by molar-refractivity contribution is -0.202. The molecular formula is C30H46O4. The van der Waals surface area contributed by atoms with E-state index < -0.39 is 11.4 Å². The molecule has 0 unspecified atom stereocenters. The first-order chi connectivity index (χ1) is 15.6. The third-order valence-electron chi connectivity index (χ3n) is 13.1. The van der Waals surface area contributed by atoms with Crippen molar-refractivity contribution in [3.63, 3.8) is 0 Å². The van der Waals surface area contributed by atoms with Crippen molar-refractivity contribution in [1.82, 2.24) is 0 Å². The Morgan fingerprint density at radius 2 is 1.56 bits per heavy atom. The second-order valence-corrected chi connectivity index (χ2v) is 14.9. The van der Waals surface area contributed by atoms with Crippen LogP contribution in [0.5, 0.6) is 0 Å². The SMILES string of the molecule is CC1(C)[C@H](O)CC[C@@]2(C)[C@H]1CC[C@]1(C)[C@H]2C(=O)C=C2[C@@H]3C[C@@](C)(C(=O)O)CC[C@]3(C)CC[C@]21C. The van der Waals surface area contributed by atoms with E-state index in [-0.39, 0.29) is 50.8 Å². The number of hydrogen-bond acceptors (Lipinski definition) is 3. The van der Waals surface area contributed by atoms with Crippen LogP contribution >= 0.6 is 0 Å². The maximum Gasteiger partial charge on any atom is 0.309 e. The summed E-state index contributed by atoms with van der Waals surface area (Å²) in [4.78, 5) is 26.4. The normalized spacial score (nSPS) is 54.1. The van der Waals surface area contributed by atoms with Gasteiger partial charge in [0, 0.05) is 5.92 Å². The van der Waals surface area contributed by atoms with Crippen molar-refractivity contribution in [3.8, 4) is 0 Å². The molecule has 5 rings (SSSR count). The molecule has 4 fully saturated rings. The molecule has 4 saturated carbocycles. The summed E-state index contributed by atoms with van der Waals surface area (Å²) < 4.78 is 0. The van der Waals surface area contributed by atoms with Crippen molar-refractivity contribution in [2.75, 3.05) is 0 Å². The van der Waals surface area contributed by atoms with Gasteiger partial charge in [0.2, 0.25) is 0 Å². The van der Waals surface area contributed by atoms with Gasteiger partial charge < -0.3 is 10.2 Å². The third-order valence-corrected chi connectivity index (χ3v) is 13.1. The molecule has 5 aliphatic carbocycles. The van der Waals surface area contributed by atoms with Crippen LogP contribution in [0.3, 0.4) is 0 Å². The molecule has 190 valence electrons. The molecule has 0 heterocycles. The minimum absolute atomic E-state index is 0.0296. The summed E-state index contributed by atoms with van der Waals surface area (Å²) >= 11 is 0. The number of fused-ring (bicyclic) bond motifs is 7. The molecule has 0 aromatic rings. The van der Waals surface area contributed by atoms with Gasteiger partial charge in [-0.3, -0.25) is 9.59 Å². The standard InChI is InChI=1S/C30H46O4/c1-25(2)21-8-11-30(7)23(28(21,5)10-9-22(25)32)20(31)16-18-19-17-27(4,24(33)34)13-12-26(19,3)14-15-29(18,30)6/h16,19,21-23,32H,8-15,17H2,1-7H3,(H,33,34)/t19-,21-,22+,23-,26+,27-,28-,29+,30+/m0/s1. The Morgan fingerprint density at radius 3 is 2.21 bits per heavy atom. The monoisotopic (exact) mass is 470 g/mol. The lowest BCUT2D eigenvalue weighted by Crippen LogP contribution is -2.66. The highest BCUT2D eigenvalue weighted by Crippen LogP contribution is 2.75. The number of aliphatic carboxylic acids is 1. The van der Waals surface area contributed by atoms with Gasteiger partial charge in [0.25, 0.3) is 0 Å². The van der Waals surface area contributed by atoms with E-state index in [4.69, 9.17) is 0 Å². The lowest BCUT2D eigenvalue weighted by atomic mass is 9.33. The van der Waals surface area contributed by atoms with E-state index in [0.29, 0.717) is 12.3 Å². The van der Waals surface area contributed by atoms with Crippen LogP contribution in [-0.4, -0.2) is 28.1 Å². The summed E-state index contributed by atoms with van der Waals surface area (Å²) in [7, 11) is 0. The highest BCUT2D eigenvalue weighted by atomic mass is 16.4. The maximum absolute atomic E-state index is 14.2. The van der Waals surface area contributed by atoms with Crippen molar-refractivity contribution in [2.24, 2.45) is 50.2 Å². The van der Waals surface area contributed by atoms with Gasteiger partial charge in [-0.1, -0.05) is 47.1 Å². The van der Waals surface area contributed by atoms with Gasteiger partial charge in [0.05, 0.1) is 11.5 Å². The van der Waals surface area contributed by atoms with E-state index in [1.54, 1.807) is 0 Å². The Kier molecular flexibility index (Phi) is 5.04. The number of rotatable bonds is 1. The van der Waals surface area contributed by atoms with Crippen LogP contribution in [0.25, 0.3) is 0 Å². The van der Waals surface area contributed by atoms with Gasteiger partial charge >= 0.3 is 5.97 Å². The van der Waals surface area contributed by atoms with Crippen molar-refractivity contribution < 1.29 is 19.8 Å². The molecule has 0 amide bonds. The molecule has 0 spiro atoms. The van der Waals surface area contributed by atoms with E-state index in [1.165, 1.54) is 5.57 Å². The minimum atomic E-state index is -0.711. The van der Waals surface area contributed by atoms with Crippen LogP contribution in [0.2, 0.25) is 0 Å². The molecule has 5 aliphatic rings. The number of ketones is 1. The van der Waals surface area contributed by atoms with Crippen LogP contribution in [0.15, 0.2) is 11.6 Å². The average molecular weight is 471 g/mol. The molecule has 0 aromatic carbocycles. The highest BCUT2D eigenvalue weighted by Gasteiger charge is 2.70. The van der Waals surface area contributed by atoms with Gasteiger partial charge in [0.1, 0.15) is 0 Å². The largest absolute Gasteiger partial charge is 0.481 e. The molecule has 4 nitrogen and oxygen atoms in total. The molecule has 34 heavy (non-hydrogen) atoms. The lowest BCUT2D eigenvalue weighted by Gasteiger charge is -2.70. The van der Waals surface area contributed by atoms with Gasteiger partial charge in [-0.2, -0.15) is 0 Å². The zero-order valence-electron chi connectivity index (χ0n) is 22.5. The van der Waals surface area contributed by atoms with E-state index in [9.17, 15) is 19.8 Å². The molecular weight excluding hydrogens is 424 g/mol. The van der Waals surface area contributed by atoms with E-state index in [2.05, 4.69) is 41.5 Å². The topological polar surface area (TPSA) is 74.6 Å². The number of carbonyl (C=O) groups is 2. The molecule has 2 N–H and O–H groups in total. The average Bonchev–Trinajstić information content (AvgIpc) is 2.73. The summed E-state index contributed by atoms with van der Waals surface area (Å²) in [5.41, 5.74) is 0.142. The van der Waals surface area contributed by atoms with Crippen molar-refractivity contribution in [3.05, 3.63) is 11.6 Å². The third kappa shape index (κ3) is 2.81. The van der Waals surface area contributed by atoms with Crippen molar-refractivity contribution in [1.29, 1.82) is 0 Å². The zero-order valence-corrected chi connectivity index (χ0v) is 22.5. The number of allylic oxidation sites excluding steroid dienone is 2. The number of carboxylic acid groups (broad SMARTS) is 1. The fraction of sp³-hybridized carbons (Fsp3) is 0.867. The fourth-order valence-electron chi connectivity index (χ4n) is 10.4. The predicted octanol–water partition coefficient (Wildman–Crippen LogP) is 6.41. The second-order valence-electron chi connectivity index (χ2n) is 14.9. The van der Waals surface area contributed by atoms with Crippen LogP contribution in [0.1, 0.15) is 106 Å². The maximum atomic E-state index is 14.2. The Bertz CT molecular complexity index is 965.